The smallest absolute Gasteiger partial charge is 0.224 e. The number of likely N-dealkylation sites (tertiary alicyclic amines) is 1. The lowest BCUT2D eigenvalue weighted by Gasteiger charge is -2.32. The summed E-state index contributed by atoms with van der Waals surface area (Å²) in [5, 5.41) is 5.48. The summed E-state index contributed by atoms with van der Waals surface area (Å²) < 4.78 is 7.22. The molecule has 3 heterocycles. The average molecular weight is 366 g/mol. The first-order valence-electron chi connectivity index (χ1n) is 9.56. The lowest BCUT2D eigenvalue weighted by molar-refractivity contribution is -0.132. The van der Waals surface area contributed by atoms with Crippen molar-refractivity contribution in [1.29, 1.82) is 0 Å². The standard InChI is InChI=1S/C21H26N4O2/c1-15-12-23-25(14-15)10-7-21(26)24-8-5-16(6-9-24)19-13-22-20-4-3-17(27-2)11-18(19)20/h3-4,11-14,16,22H,5-10H2,1-2H3. The zero-order valence-electron chi connectivity index (χ0n) is 15.9. The highest BCUT2D eigenvalue weighted by atomic mass is 16.5. The van der Waals surface area contributed by atoms with E-state index < -0.39 is 0 Å². The summed E-state index contributed by atoms with van der Waals surface area (Å²) >= 11 is 0. The number of aromatic nitrogens is 3. The zero-order chi connectivity index (χ0) is 18.8. The van der Waals surface area contributed by atoms with E-state index in [9.17, 15) is 4.79 Å². The molecule has 1 amide bonds. The van der Waals surface area contributed by atoms with Gasteiger partial charge in [-0.05, 0) is 55.0 Å². The van der Waals surface area contributed by atoms with E-state index in [-0.39, 0.29) is 5.91 Å². The third-order valence-electron chi connectivity index (χ3n) is 5.53. The van der Waals surface area contributed by atoms with Crippen LogP contribution in [0.15, 0.2) is 36.8 Å². The number of piperidine rings is 1. The van der Waals surface area contributed by atoms with E-state index in [2.05, 4.69) is 28.4 Å². The molecule has 0 atom stereocenters. The van der Waals surface area contributed by atoms with Gasteiger partial charge in [-0.25, -0.2) is 0 Å². The fourth-order valence-corrected chi connectivity index (χ4v) is 3.98. The first kappa shape index (κ1) is 17.6. The van der Waals surface area contributed by atoms with E-state index in [1.807, 2.05) is 35.0 Å². The molecule has 0 saturated carbocycles. The number of methoxy groups -OCH3 is 1. The second-order valence-corrected chi connectivity index (χ2v) is 7.34. The normalized spacial score (nSPS) is 15.4. The van der Waals surface area contributed by atoms with Crippen LogP contribution >= 0.6 is 0 Å². The van der Waals surface area contributed by atoms with Crippen LogP contribution in [0.2, 0.25) is 0 Å². The van der Waals surface area contributed by atoms with Crippen molar-refractivity contribution in [2.24, 2.45) is 0 Å². The van der Waals surface area contributed by atoms with Crippen molar-refractivity contribution >= 4 is 16.8 Å². The molecule has 1 aliphatic heterocycles. The van der Waals surface area contributed by atoms with E-state index in [0.717, 1.165) is 42.8 Å². The van der Waals surface area contributed by atoms with Crippen LogP contribution in [0.3, 0.4) is 0 Å². The van der Waals surface area contributed by atoms with Crippen LogP contribution in [0.5, 0.6) is 5.75 Å². The minimum Gasteiger partial charge on any atom is -0.497 e. The Morgan fingerprint density at radius 3 is 2.85 bits per heavy atom. The summed E-state index contributed by atoms with van der Waals surface area (Å²) in [5.74, 6) is 1.58. The predicted octanol–water partition coefficient (Wildman–Crippen LogP) is 3.48. The van der Waals surface area contributed by atoms with E-state index in [1.54, 1.807) is 7.11 Å². The third kappa shape index (κ3) is 3.70. The van der Waals surface area contributed by atoms with Gasteiger partial charge in [0.05, 0.1) is 13.3 Å². The maximum absolute atomic E-state index is 12.5. The molecule has 3 aromatic rings. The largest absolute Gasteiger partial charge is 0.497 e. The summed E-state index contributed by atoms with van der Waals surface area (Å²) in [4.78, 5) is 17.9. The summed E-state index contributed by atoms with van der Waals surface area (Å²) in [6.07, 6.45) is 8.42. The number of H-pyrrole nitrogens is 1. The van der Waals surface area contributed by atoms with Crippen molar-refractivity contribution < 1.29 is 9.53 Å². The van der Waals surface area contributed by atoms with E-state index in [4.69, 9.17) is 4.74 Å². The molecule has 0 radical (unpaired) electrons. The summed E-state index contributed by atoms with van der Waals surface area (Å²) in [5.41, 5.74) is 3.60. The molecule has 0 bridgehead atoms. The molecule has 4 rings (SSSR count). The molecule has 1 aromatic carbocycles. The van der Waals surface area contributed by atoms with Crippen LogP contribution < -0.4 is 4.74 Å². The number of rotatable bonds is 5. The summed E-state index contributed by atoms with van der Waals surface area (Å²) in [7, 11) is 1.70. The van der Waals surface area contributed by atoms with Crippen molar-refractivity contribution in [1.82, 2.24) is 19.7 Å². The minimum atomic E-state index is 0.224. The van der Waals surface area contributed by atoms with E-state index in [1.165, 1.54) is 10.9 Å². The van der Waals surface area contributed by atoms with Crippen LogP contribution in [-0.2, 0) is 11.3 Å². The molecule has 0 spiro atoms. The molecule has 1 N–H and O–H groups in total. The van der Waals surface area contributed by atoms with Gasteiger partial charge in [0.15, 0.2) is 0 Å². The number of carbonyl (C=O) groups is 1. The minimum absolute atomic E-state index is 0.224. The van der Waals surface area contributed by atoms with Crippen LogP contribution in [-0.4, -0.2) is 45.8 Å². The number of nitrogens with zero attached hydrogens (tertiary/aromatic N) is 3. The molecule has 0 aliphatic carbocycles. The quantitative estimate of drug-likeness (QED) is 0.752. The van der Waals surface area contributed by atoms with Gasteiger partial charge in [-0.3, -0.25) is 9.48 Å². The Kier molecular flexibility index (Phi) is 4.88. The molecule has 0 unspecified atom stereocenters. The number of aromatic amines is 1. The Hall–Kier alpha value is -2.76. The Labute approximate surface area is 159 Å². The number of hydrogen-bond acceptors (Lipinski definition) is 3. The number of benzene rings is 1. The van der Waals surface area contributed by atoms with Gasteiger partial charge in [-0.15, -0.1) is 0 Å². The van der Waals surface area contributed by atoms with Crippen molar-refractivity contribution in [2.75, 3.05) is 20.2 Å². The van der Waals surface area contributed by atoms with Gasteiger partial charge in [0.25, 0.3) is 0 Å². The van der Waals surface area contributed by atoms with Gasteiger partial charge in [0, 0.05) is 49.4 Å². The molecular formula is C21H26N4O2. The van der Waals surface area contributed by atoms with Crippen molar-refractivity contribution in [3.05, 3.63) is 47.9 Å². The second-order valence-electron chi connectivity index (χ2n) is 7.34. The fraction of sp³-hybridized carbons (Fsp3) is 0.429. The number of fused-ring (bicyclic) bond motifs is 1. The van der Waals surface area contributed by atoms with Crippen molar-refractivity contribution in [3.63, 3.8) is 0 Å². The van der Waals surface area contributed by atoms with E-state index >= 15 is 0 Å². The Morgan fingerprint density at radius 1 is 1.33 bits per heavy atom. The second kappa shape index (κ2) is 7.47. The SMILES string of the molecule is COc1ccc2[nH]cc(C3CCN(C(=O)CCn4cc(C)cn4)CC3)c2c1. The summed E-state index contributed by atoms with van der Waals surface area (Å²) in [6.45, 7) is 4.29. The van der Waals surface area contributed by atoms with Crippen molar-refractivity contribution in [2.45, 2.75) is 38.6 Å². The number of amides is 1. The molecule has 6 nitrogen and oxygen atoms in total. The van der Waals surface area contributed by atoms with Crippen LogP contribution in [0, 0.1) is 6.92 Å². The van der Waals surface area contributed by atoms with Gasteiger partial charge < -0.3 is 14.6 Å². The van der Waals surface area contributed by atoms with Gasteiger partial charge >= 0.3 is 0 Å². The zero-order valence-corrected chi connectivity index (χ0v) is 15.9. The maximum atomic E-state index is 12.5. The molecule has 6 heteroatoms. The first-order valence-corrected chi connectivity index (χ1v) is 9.56. The predicted molar refractivity (Wildman–Crippen MR) is 105 cm³/mol. The number of ether oxygens (including phenoxy) is 1. The van der Waals surface area contributed by atoms with E-state index in [0.29, 0.717) is 18.9 Å². The monoisotopic (exact) mass is 366 g/mol. The molecule has 1 fully saturated rings. The average Bonchev–Trinajstić information content (AvgIpc) is 3.31. The number of hydrogen-bond donors (Lipinski definition) is 1. The molecule has 1 saturated heterocycles. The number of carbonyl (C=O) groups excluding carboxylic acids is 1. The van der Waals surface area contributed by atoms with Gasteiger partial charge in [0.1, 0.15) is 5.75 Å². The highest BCUT2D eigenvalue weighted by Crippen LogP contribution is 2.34. The summed E-state index contributed by atoms with van der Waals surface area (Å²) in [6, 6.07) is 6.14. The molecule has 27 heavy (non-hydrogen) atoms. The molecule has 142 valence electrons. The van der Waals surface area contributed by atoms with Gasteiger partial charge in [-0.2, -0.15) is 5.10 Å². The van der Waals surface area contributed by atoms with Crippen LogP contribution in [0.4, 0.5) is 0 Å². The third-order valence-corrected chi connectivity index (χ3v) is 5.53. The topological polar surface area (TPSA) is 63.1 Å². The van der Waals surface area contributed by atoms with Gasteiger partial charge in [-0.1, -0.05) is 0 Å². The molecule has 1 aliphatic rings. The molecule has 2 aromatic heterocycles. The first-order chi connectivity index (χ1) is 13.1. The van der Waals surface area contributed by atoms with Crippen molar-refractivity contribution in [3.8, 4) is 5.75 Å². The Morgan fingerprint density at radius 2 is 2.15 bits per heavy atom. The van der Waals surface area contributed by atoms with Gasteiger partial charge in [0.2, 0.25) is 5.91 Å². The fourth-order valence-electron chi connectivity index (χ4n) is 3.98. The highest BCUT2D eigenvalue weighted by molar-refractivity contribution is 5.85. The number of aryl methyl sites for hydroxylation is 2. The lowest BCUT2D eigenvalue weighted by atomic mass is 9.89. The Bertz CT molecular complexity index is 935. The van der Waals surface area contributed by atoms with Crippen LogP contribution in [0.1, 0.15) is 36.3 Å². The Balaban J connectivity index is 1.36. The van der Waals surface area contributed by atoms with Crippen LogP contribution in [0.25, 0.3) is 10.9 Å². The molecular weight excluding hydrogens is 340 g/mol. The highest BCUT2D eigenvalue weighted by Gasteiger charge is 2.25. The number of nitrogens with one attached hydrogen (secondary N) is 1. The lowest BCUT2D eigenvalue weighted by Crippen LogP contribution is -2.38. The maximum Gasteiger partial charge on any atom is 0.224 e.